The van der Waals surface area contributed by atoms with E-state index in [1.54, 1.807) is 13.2 Å². The fourth-order valence-corrected chi connectivity index (χ4v) is 2.25. The number of carbonyl (C=O) groups excluding carboxylic acids is 1. The third-order valence-corrected chi connectivity index (χ3v) is 3.35. The molecule has 1 aromatic rings. The van der Waals surface area contributed by atoms with Gasteiger partial charge in [-0.2, -0.15) is 4.99 Å². The summed E-state index contributed by atoms with van der Waals surface area (Å²) in [6.07, 6.45) is 3.44. The van der Waals surface area contributed by atoms with Crippen LogP contribution in [0.2, 0.25) is 0 Å². The van der Waals surface area contributed by atoms with Crippen molar-refractivity contribution in [3.63, 3.8) is 0 Å². The molecule has 1 aliphatic carbocycles. The lowest BCUT2D eigenvalue weighted by Crippen LogP contribution is -2.03. The Morgan fingerprint density at radius 2 is 2.27 bits per heavy atom. The summed E-state index contributed by atoms with van der Waals surface area (Å²) in [6.45, 7) is 0. The van der Waals surface area contributed by atoms with Gasteiger partial charge in [-0.15, -0.1) is 0 Å². The van der Waals surface area contributed by atoms with Gasteiger partial charge in [0.2, 0.25) is 6.08 Å². The minimum absolute atomic E-state index is 0.352. The van der Waals surface area contributed by atoms with Gasteiger partial charge in [-0.3, -0.25) is 0 Å². The maximum Gasteiger partial charge on any atom is 0.235 e. The summed E-state index contributed by atoms with van der Waals surface area (Å²) < 4.78 is 6.11. The van der Waals surface area contributed by atoms with Gasteiger partial charge in [-0.05, 0) is 36.6 Å². The standard InChI is InChI=1S/C11H10BrNO2/c1-15-8-2-3-10(12)9(6-8)11(4-5-11)13-7-14/h2-3,6H,4-5H2,1H3. The van der Waals surface area contributed by atoms with E-state index < -0.39 is 0 Å². The van der Waals surface area contributed by atoms with Crippen LogP contribution in [-0.4, -0.2) is 13.2 Å². The second kappa shape index (κ2) is 3.80. The van der Waals surface area contributed by atoms with Crippen molar-refractivity contribution in [1.29, 1.82) is 0 Å². The molecule has 0 amide bonds. The van der Waals surface area contributed by atoms with Gasteiger partial charge >= 0.3 is 0 Å². The SMILES string of the molecule is COc1ccc(Br)c(C2(N=C=O)CC2)c1. The van der Waals surface area contributed by atoms with Crippen molar-refractivity contribution in [3.05, 3.63) is 28.2 Å². The Bertz CT molecular complexity index is 434. The van der Waals surface area contributed by atoms with E-state index in [1.165, 1.54) is 0 Å². The number of ether oxygens (including phenoxy) is 1. The Hall–Kier alpha value is -1.12. The Kier molecular flexibility index (Phi) is 2.63. The Labute approximate surface area is 96.3 Å². The third kappa shape index (κ3) is 1.83. The van der Waals surface area contributed by atoms with Crippen molar-refractivity contribution in [2.24, 2.45) is 4.99 Å². The lowest BCUT2D eigenvalue weighted by molar-refractivity contribution is 0.413. The molecule has 15 heavy (non-hydrogen) atoms. The van der Waals surface area contributed by atoms with Crippen LogP contribution >= 0.6 is 15.9 Å². The maximum absolute atomic E-state index is 10.4. The van der Waals surface area contributed by atoms with Crippen molar-refractivity contribution in [3.8, 4) is 5.75 Å². The van der Waals surface area contributed by atoms with Gasteiger partial charge in [0.25, 0.3) is 0 Å². The molecule has 78 valence electrons. The first-order valence-electron chi connectivity index (χ1n) is 4.65. The first-order valence-corrected chi connectivity index (χ1v) is 5.44. The Balaban J connectivity index is 2.47. The molecule has 0 bridgehead atoms. The van der Waals surface area contributed by atoms with Crippen molar-refractivity contribution in [1.82, 2.24) is 0 Å². The summed E-state index contributed by atoms with van der Waals surface area (Å²) in [4.78, 5) is 14.2. The van der Waals surface area contributed by atoms with Crippen LogP contribution in [-0.2, 0) is 10.3 Å². The second-order valence-corrected chi connectivity index (χ2v) is 4.43. The summed E-state index contributed by atoms with van der Waals surface area (Å²) in [6, 6.07) is 5.70. The minimum atomic E-state index is -0.352. The van der Waals surface area contributed by atoms with E-state index in [4.69, 9.17) is 4.74 Å². The summed E-state index contributed by atoms with van der Waals surface area (Å²) in [7, 11) is 1.62. The zero-order valence-electron chi connectivity index (χ0n) is 8.29. The molecule has 2 rings (SSSR count). The number of hydrogen-bond acceptors (Lipinski definition) is 3. The Morgan fingerprint density at radius 3 is 2.80 bits per heavy atom. The highest BCUT2D eigenvalue weighted by atomic mass is 79.9. The molecule has 0 N–H and O–H groups in total. The molecule has 1 aromatic carbocycles. The van der Waals surface area contributed by atoms with E-state index in [-0.39, 0.29) is 5.54 Å². The van der Waals surface area contributed by atoms with E-state index in [0.717, 1.165) is 28.6 Å². The van der Waals surface area contributed by atoms with Crippen LogP contribution in [0.3, 0.4) is 0 Å². The molecule has 0 unspecified atom stereocenters. The number of hydrogen-bond donors (Lipinski definition) is 0. The van der Waals surface area contributed by atoms with Gasteiger partial charge in [-0.25, -0.2) is 4.79 Å². The molecule has 0 aromatic heterocycles. The van der Waals surface area contributed by atoms with E-state index in [1.807, 2.05) is 18.2 Å². The minimum Gasteiger partial charge on any atom is -0.497 e. The van der Waals surface area contributed by atoms with E-state index in [9.17, 15) is 4.79 Å². The first-order chi connectivity index (χ1) is 7.22. The predicted octanol–water partition coefficient (Wildman–Crippen LogP) is 2.78. The monoisotopic (exact) mass is 267 g/mol. The normalized spacial score (nSPS) is 16.7. The third-order valence-electron chi connectivity index (χ3n) is 2.66. The van der Waals surface area contributed by atoms with E-state index >= 15 is 0 Å². The van der Waals surface area contributed by atoms with Gasteiger partial charge in [0.05, 0.1) is 12.6 Å². The van der Waals surface area contributed by atoms with Crippen molar-refractivity contribution < 1.29 is 9.53 Å². The molecule has 0 heterocycles. The number of rotatable bonds is 3. The molecule has 1 saturated carbocycles. The molecular formula is C11H10BrNO2. The highest BCUT2D eigenvalue weighted by Crippen LogP contribution is 2.52. The summed E-state index contributed by atoms with van der Waals surface area (Å²) in [5, 5.41) is 0. The quantitative estimate of drug-likeness (QED) is 0.624. The number of benzene rings is 1. The fraction of sp³-hybridized carbons (Fsp3) is 0.364. The molecule has 0 aliphatic heterocycles. The second-order valence-electron chi connectivity index (χ2n) is 3.58. The highest BCUT2D eigenvalue weighted by molar-refractivity contribution is 9.10. The van der Waals surface area contributed by atoms with Crippen LogP contribution in [0.5, 0.6) is 5.75 Å². The van der Waals surface area contributed by atoms with Crippen molar-refractivity contribution in [2.45, 2.75) is 18.4 Å². The van der Waals surface area contributed by atoms with Crippen LogP contribution in [0.25, 0.3) is 0 Å². The Morgan fingerprint density at radius 1 is 1.53 bits per heavy atom. The zero-order valence-corrected chi connectivity index (χ0v) is 9.87. The molecule has 1 aliphatic rings. The van der Waals surface area contributed by atoms with Crippen LogP contribution in [0.1, 0.15) is 18.4 Å². The topological polar surface area (TPSA) is 38.7 Å². The maximum atomic E-state index is 10.4. The lowest BCUT2D eigenvalue weighted by Gasteiger charge is -2.12. The van der Waals surface area contributed by atoms with Gasteiger partial charge < -0.3 is 4.74 Å². The molecular weight excluding hydrogens is 258 g/mol. The molecule has 0 spiro atoms. The summed E-state index contributed by atoms with van der Waals surface area (Å²) in [5.74, 6) is 0.778. The van der Waals surface area contributed by atoms with Crippen molar-refractivity contribution in [2.75, 3.05) is 7.11 Å². The predicted molar refractivity (Wildman–Crippen MR) is 59.7 cm³/mol. The number of halogens is 1. The smallest absolute Gasteiger partial charge is 0.235 e. The summed E-state index contributed by atoms with van der Waals surface area (Å²) in [5.41, 5.74) is 0.653. The van der Waals surface area contributed by atoms with Crippen LogP contribution in [0, 0.1) is 0 Å². The fourth-order valence-electron chi connectivity index (χ4n) is 1.64. The van der Waals surface area contributed by atoms with Gasteiger partial charge in [0.15, 0.2) is 0 Å². The average molecular weight is 268 g/mol. The van der Waals surface area contributed by atoms with Crippen LogP contribution in [0.15, 0.2) is 27.7 Å². The van der Waals surface area contributed by atoms with Gasteiger partial charge in [0.1, 0.15) is 5.75 Å². The molecule has 4 heteroatoms. The number of isocyanates is 1. The lowest BCUT2D eigenvalue weighted by atomic mass is 10.1. The first kappa shape index (κ1) is 10.4. The van der Waals surface area contributed by atoms with Gasteiger partial charge in [-0.1, -0.05) is 15.9 Å². The molecule has 3 nitrogen and oxygen atoms in total. The molecule has 1 fully saturated rings. The highest BCUT2D eigenvalue weighted by Gasteiger charge is 2.46. The van der Waals surface area contributed by atoms with E-state index in [2.05, 4.69) is 20.9 Å². The molecule has 0 saturated heterocycles. The van der Waals surface area contributed by atoms with Crippen LogP contribution < -0.4 is 4.74 Å². The number of nitrogens with zero attached hydrogens (tertiary/aromatic N) is 1. The number of methoxy groups -OCH3 is 1. The van der Waals surface area contributed by atoms with Crippen LogP contribution in [0.4, 0.5) is 0 Å². The van der Waals surface area contributed by atoms with E-state index in [0.29, 0.717) is 0 Å². The summed E-state index contributed by atoms with van der Waals surface area (Å²) >= 11 is 3.46. The van der Waals surface area contributed by atoms with Gasteiger partial charge in [0, 0.05) is 4.47 Å². The van der Waals surface area contributed by atoms with Crippen molar-refractivity contribution >= 4 is 22.0 Å². The molecule has 0 atom stereocenters. The zero-order chi connectivity index (χ0) is 10.9. The average Bonchev–Trinajstić information content (AvgIpc) is 3.00. The largest absolute Gasteiger partial charge is 0.497 e. The molecule has 0 radical (unpaired) electrons. The number of aliphatic imine (C=N–C) groups is 1.